The normalized spacial score (nSPS) is 20.6. The Kier molecular flexibility index (Phi) is 4.84. The van der Waals surface area contributed by atoms with Crippen LogP contribution >= 0.6 is 0 Å². The van der Waals surface area contributed by atoms with Crippen molar-refractivity contribution in [1.29, 1.82) is 0 Å². The highest BCUT2D eigenvalue weighted by atomic mass is 16.6. The zero-order valence-electron chi connectivity index (χ0n) is 13.7. The van der Waals surface area contributed by atoms with Crippen LogP contribution in [-0.2, 0) is 9.53 Å². The summed E-state index contributed by atoms with van der Waals surface area (Å²) in [5.41, 5.74) is 5.56. The summed E-state index contributed by atoms with van der Waals surface area (Å²) in [5, 5.41) is 11.3. The van der Waals surface area contributed by atoms with Crippen molar-refractivity contribution >= 4 is 23.2 Å². The van der Waals surface area contributed by atoms with E-state index < -0.39 is 10.8 Å². The van der Waals surface area contributed by atoms with Gasteiger partial charge in [-0.3, -0.25) is 19.7 Å². The van der Waals surface area contributed by atoms with Crippen molar-refractivity contribution in [3.63, 3.8) is 0 Å². The summed E-state index contributed by atoms with van der Waals surface area (Å²) in [5.74, 6) is -0.711. The van der Waals surface area contributed by atoms with Gasteiger partial charge in [0.05, 0.1) is 4.92 Å². The van der Waals surface area contributed by atoms with Gasteiger partial charge < -0.3 is 20.3 Å². The number of hydrogen-bond acceptors (Lipinski definition) is 6. The quantitative estimate of drug-likeness (QED) is 0.626. The first-order chi connectivity index (χ1) is 12.0. The lowest BCUT2D eigenvalue weighted by molar-refractivity contribution is -0.384. The first-order valence-corrected chi connectivity index (χ1v) is 8.21. The largest absolute Gasteiger partial charge is 0.368 e. The lowest BCUT2D eigenvalue weighted by Gasteiger charge is -2.36. The van der Waals surface area contributed by atoms with Crippen LogP contribution in [0.1, 0.15) is 23.2 Å². The Morgan fingerprint density at radius 3 is 2.52 bits per heavy atom. The number of benzene rings is 1. The summed E-state index contributed by atoms with van der Waals surface area (Å²) >= 11 is 0. The molecule has 0 bridgehead atoms. The second-order valence-corrected chi connectivity index (χ2v) is 6.14. The van der Waals surface area contributed by atoms with Gasteiger partial charge in [-0.2, -0.15) is 0 Å². The van der Waals surface area contributed by atoms with Gasteiger partial charge in [-0.1, -0.05) is 0 Å². The van der Waals surface area contributed by atoms with Crippen molar-refractivity contribution in [2.24, 2.45) is 5.73 Å². The number of primary amides is 1. The summed E-state index contributed by atoms with van der Waals surface area (Å²) in [7, 11) is 0. The maximum Gasteiger partial charge on any atom is 0.293 e. The number of ether oxygens (including phenoxy) is 1. The minimum Gasteiger partial charge on any atom is -0.368 e. The van der Waals surface area contributed by atoms with Crippen LogP contribution < -0.4 is 10.6 Å². The van der Waals surface area contributed by atoms with Gasteiger partial charge in [0.15, 0.2) is 0 Å². The van der Waals surface area contributed by atoms with E-state index in [9.17, 15) is 19.7 Å². The van der Waals surface area contributed by atoms with E-state index in [1.165, 1.54) is 18.2 Å². The number of piperazine rings is 1. The molecule has 1 atom stereocenters. The molecule has 2 aliphatic rings. The van der Waals surface area contributed by atoms with E-state index in [2.05, 4.69) is 0 Å². The molecule has 2 amide bonds. The minimum absolute atomic E-state index is 0.00396. The van der Waals surface area contributed by atoms with E-state index in [0.717, 1.165) is 12.8 Å². The molecule has 1 aromatic carbocycles. The Balaban J connectivity index is 1.71. The number of carbonyl (C=O) groups is 2. The van der Waals surface area contributed by atoms with Crippen molar-refractivity contribution in [1.82, 2.24) is 4.90 Å². The third kappa shape index (κ3) is 3.55. The van der Waals surface area contributed by atoms with Crippen LogP contribution in [0.15, 0.2) is 18.2 Å². The predicted octanol–water partition coefficient (Wildman–Crippen LogP) is 0.521. The maximum atomic E-state index is 12.4. The first kappa shape index (κ1) is 17.2. The number of anilines is 1. The highest BCUT2D eigenvalue weighted by Crippen LogP contribution is 2.30. The molecule has 2 fully saturated rings. The molecule has 0 unspecified atom stereocenters. The van der Waals surface area contributed by atoms with Crippen LogP contribution in [0.5, 0.6) is 0 Å². The van der Waals surface area contributed by atoms with Crippen molar-refractivity contribution in [2.45, 2.75) is 18.9 Å². The van der Waals surface area contributed by atoms with Gasteiger partial charge in [0.1, 0.15) is 11.8 Å². The van der Waals surface area contributed by atoms with Crippen molar-refractivity contribution in [3.05, 3.63) is 33.9 Å². The Labute approximate surface area is 144 Å². The summed E-state index contributed by atoms with van der Waals surface area (Å²) in [6.07, 6.45) is 1.30. The van der Waals surface area contributed by atoms with Gasteiger partial charge in [0, 0.05) is 44.4 Å². The Hall–Kier alpha value is -2.68. The van der Waals surface area contributed by atoms with Crippen molar-refractivity contribution < 1.29 is 19.2 Å². The zero-order valence-corrected chi connectivity index (χ0v) is 13.7. The highest BCUT2D eigenvalue weighted by Gasteiger charge is 2.31. The van der Waals surface area contributed by atoms with Crippen LogP contribution in [0.4, 0.5) is 11.4 Å². The van der Waals surface area contributed by atoms with Gasteiger partial charge in [-0.15, -0.1) is 0 Å². The smallest absolute Gasteiger partial charge is 0.293 e. The van der Waals surface area contributed by atoms with E-state index in [1.807, 2.05) is 4.90 Å². The number of nitro groups is 1. The third-order valence-corrected chi connectivity index (χ3v) is 4.59. The molecule has 25 heavy (non-hydrogen) atoms. The summed E-state index contributed by atoms with van der Waals surface area (Å²) in [4.78, 5) is 38.0. The van der Waals surface area contributed by atoms with E-state index in [-0.39, 0.29) is 23.3 Å². The van der Waals surface area contributed by atoms with Crippen LogP contribution in [0.2, 0.25) is 0 Å². The molecular weight excluding hydrogens is 328 g/mol. The average Bonchev–Trinajstić information content (AvgIpc) is 3.15. The second-order valence-electron chi connectivity index (χ2n) is 6.14. The number of carbonyl (C=O) groups excluding carboxylic acids is 2. The molecule has 0 aromatic heterocycles. The predicted molar refractivity (Wildman–Crippen MR) is 89.4 cm³/mol. The molecule has 2 heterocycles. The minimum atomic E-state index is -0.707. The van der Waals surface area contributed by atoms with Crippen LogP contribution in [0, 0.1) is 10.1 Å². The van der Waals surface area contributed by atoms with Gasteiger partial charge in [-0.25, -0.2) is 0 Å². The molecule has 2 saturated heterocycles. The second kappa shape index (κ2) is 7.06. The number of nitro benzene ring substituents is 1. The lowest BCUT2D eigenvalue weighted by Crippen LogP contribution is -2.51. The molecule has 2 aliphatic heterocycles. The molecule has 2 N–H and O–H groups in total. The monoisotopic (exact) mass is 348 g/mol. The van der Waals surface area contributed by atoms with E-state index in [0.29, 0.717) is 38.5 Å². The summed E-state index contributed by atoms with van der Waals surface area (Å²) < 4.78 is 5.43. The first-order valence-electron chi connectivity index (χ1n) is 8.21. The van der Waals surface area contributed by atoms with E-state index in [4.69, 9.17) is 10.5 Å². The molecule has 1 aromatic rings. The molecule has 0 saturated carbocycles. The van der Waals surface area contributed by atoms with Crippen molar-refractivity contribution in [2.75, 3.05) is 37.7 Å². The number of hydrogen-bond donors (Lipinski definition) is 1. The van der Waals surface area contributed by atoms with Gasteiger partial charge in [0.2, 0.25) is 5.91 Å². The number of nitrogens with two attached hydrogens (primary N) is 1. The Morgan fingerprint density at radius 2 is 1.96 bits per heavy atom. The SMILES string of the molecule is NC(=O)c1ccc(N2CCN(C(=O)[C@H]3CCCO3)CC2)c([N+](=O)[O-])c1. The van der Waals surface area contributed by atoms with Crippen LogP contribution in [0.3, 0.4) is 0 Å². The zero-order chi connectivity index (χ0) is 18.0. The van der Waals surface area contributed by atoms with Crippen molar-refractivity contribution in [3.8, 4) is 0 Å². The fraction of sp³-hybridized carbons (Fsp3) is 0.500. The standard InChI is InChI=1S/C16H20N4O5/c17-15(21)11-3-4-12(13(10-11)20(23)24)18-5-7-19(8-6-18)16(22)14-2-1-9-25-14/h3-4,10,14H,1-2,5-9H2,(H2,17,21)/t14-/m1/s1. The van der Waals surface area contributed by atoms with Crippen LogP contribution in [-0.4, -0.2) is 60.5 Å². The van der Waals surface area contributed by atoms with E-state index >= 15 is 0 Å². The molecule has 134 valence electrons. The molecule has 3 rings (SSSR count). The Bertz CT molecular complexity index is 694. The molecule has 9 nitrogen and oxygen atoms in total. The van der Waals surface area contributed by atoms with E-state index in [1.54, 1.807) is 4.90 Å². The van der Waals surface area contributed by atoms with Crippen LogP contribution in [0.25, 0.3) is 0 Å². The molecule has 0 radical (unpaired) electrons. The molecule has 9 heteroatoms. The van der Waals surface area contributed by atoms with Gasteiger partial charge in [0.25, 0.3) is 11.6 Å². The average molecular weight is 348 g/mol. The summed E-state index contributed by atoms with van der Waals surface area (Å²) in [6, 6.07) is 4.21. The molecule has 0 aliphatic carbocycles. The topological polar surface area (TPSA) is 119 Å². The lowest BCUT2D eigenvalue weighted by atomic mass is 10.1. The van der Waals surface area contributed by atoms with Gasteiger partial charge in [-0.05, 0) is 25.0 Å². The number of amides is 2. The van der Waals surface area contributed by atoms with Gasteiger partial charge >= 0.3 is 0 Å². The highest BCUT2D eigenvalue weighted by molar-refractivity contribution is 5.94. The fourth-order valence-electron chi connectivity index (χ4n) is 3.23. The molecular formula is C16H20N4O5. The number of rotatable bonds is 4. The fourth-order valence-corrected chi connectivity index (χ4v) is 3.23. The Morgan fingerprint density at radius 1 is 1.24 bits per heavy atom. The summed E-state index contributed by atoms with van der Waals surface area (Å²) in [6.45, 7) is 2.54. The molecule has 0 spiro atoms. The number of nitrogens with zero attached hydrogens (tertiary/aromatic N) is 3. The third-order valence-electron chi connectivity index (χ3n) is 4.59. The maximum absolute atomic E-state index is 12.4.